The van der Waals surface area contributed by atoms with E-state index in [1.54, 1.807) is 6.07 Å². The van der Waals surface area contributed by atoms with Crippen LogP contribution in [0.5, 0.6) is 0 Å². The monoisotopic (exact) mass is 232 g/mol. The van der Waals surface area contributed by atoms with Crippen molar-refractivity contribution in [2.75, 3.05) is 5.32 Å². The molecule has 1 fully saturated rings. The van der Waals surface area contributed by atoms with Gasteiger partial charge < -0.3 is 5.32 Å². The van der Waals surface area contributed by atoms with Crippen LogP contribution in [-0.4, -0.2) is 11.3 Å². The van der Waals surface area contributed by atoms with Gasteiger partial charge in [-0.1, -0.05) is 0 Å². The minimum absolute atomic E-state index is 0.0789. The van der Waals surface area contributed by atoms with Crippen molar-refractivity contribution in [3.8, 4) is 6.07 Å². The molecular formula is C13H13FN2O. The number of benzene rings is 1. The molecule has 0 spiro atoms. The van der Waals surface area contributed by atoms with Crippen LogP contribution in [0.4, 0.5) is 10.1 Å². The van der Waals surface area contributed by atoms with Gasteiger partial charge in [-0.2, -0.15) is 5.26 Å². The van der Waals surface area contributed by atoms with Crippen LogP contribution in [0.1, 0.15) is 36.5 Å². The summed E-state index contributed by atoms with van der Waals surface area (Å²) in [7, 11) is 0. The quantitative estimate of drug-likeness (QED) is 0.815. The molecule has 0 saturated heterocycles. The van der Waals surface area contributed by atoms with Crippen LogP contribution in [0.25, 0.3) is 0 Å². The third-order valence-corrected chi connectivity index (χ3v) is 3.15. The number of carbonyl (C=O) groups excluding carboxylic acids is 1. The van der Waals surface area contributed by atoms with Gasteiger partial charge in [0.2, 0.25) is 0 Å². The standard InChI is InChI=1S/C13H13FN2O/c1-9(17)11-4-3-10(7-12(11)14)16-13(8-15)5-2-6-13/h3-4,7,16H,2,5-6H2,1H3. The van der Waals surface area contributed by atoms with Gasteiger partial charge in [-0.15, -0.1) is 0 Å². The predicted octanol–water partition coefficient (Wildman–Crippen LogP) is 2.89. The van der Waals surface area contributed by atoms with Crippen molar-refractivity contribution in [2.24, 2.45) is 0 Å². The maximum atomic E-state index is 13.6. The molecule has 1 N–H and O–H groups in total. The lowest BCUT2D eigenvalue weighted by Gasteiger charge is -2.36. The van der Waals surface area contributed by atoms with Crippen molar-refractivity contribution in [2.45, 2.75) is 31.7 Å². The average molecular weight is 232 g/mol. The summed E-state index contributed by atoms with van der Waals surface area (Å²) in [5.41, 5.74) is 0.0772. The van der Waals surface area contributed by atoms with Gasteiger partial charge in [0.1, 0.15) is 11.4 Å². The van der Waals surface area contributed by atoms with Crippen molar-refractivity contribution < 1.29 is 9.18 Å². The van der Waals surface area contributed by atoms with E-state index >= 15 is 0 Å². The molecule has 0 radical (unpaired) electrons. The summed E-state index contributed by atoms with van der Waals surface area (Å²) in [4.78, 5) is 11.1. The van der Waals surface area contributed by atoms with Crippen LogP contribution >= 0.6 is 0 Å². The third-order valence-electron chi connectivity index (χ3n) is 3.15. The van der Waals surface area contributed by atoms with E-state index < -0.39 is 11.4 Å². The highest BCUT2D eigenvalue weighted by Gasteiger charge is 2.37. The smallest absolute Gasteiger partial charge is 0.162 e. The Kier molecular flexibility index (Phi) is 2.84. The van der Waals surface area contributed by atoms with Gasteiger partial charge in [0.05, 0.1) is 11.6 Å². The third kappa shape index (κ3) is 2.14. The second kappa shape index (κ2) is 4.17. The summed E-state index contributed by atoms with van der Waals surface area (Å²) in [5.74, 6) is -0.845. The van der Waals surface area contributed by atoms with Crippen LogP contribution in [0, 0.1) is 17.1 Å². The molecule has 1 saturated carbocycles. The van der Waals surface area contributed by atoms with Gasteiger partial charge >= 0.3 is 0 Å². The number of nitriles is 1. The first-order valence-corrected chi connectivity index (χ1v) is 5.56. The maximum absolute atomic E-state index is 13.6. The van der Waals surface area contributed by atoms with Crippen LogP contribution in [0.3, 0.4) is 0 Å². The normalized spacial score (nSPS) is 16.8. The number of hydrogen-bond acceptors (Lipinski definition) is 3. The molecule has 1 aromatic rings. The fourth-order valence-corrected chi connectivity index (χ4v) is 1.95. The Morgan fingerprint density at radius 1 is 1.53 bits per heavy atom. The van der Waals surface area contributed by atoms with Crippen molar-refractivity contribution in [1.29, 1.82) is 5.26 Å². The van der Waals surface area contributed by atoms with Crippen LogP contribution in [-0.2, 0) is 0 Å². The van der Waals surface area contributed by atoms with Crippen LogP contribution in [0.2, 0.25) is 0 Å². The lowest BCUT2D eigenvalue weighted by molar-refractivity contribution is 0.101. The highest BCUT2D eigenvalue weighted by Crippen LogP contribution is 2.34. The van der Waals surface area contributed by atoms with E-state index in [9.17, 15) is 9.18 Å². The number of nitrogens with one attached hydrogen (secondary N) is 1. The SMILES string of the molecule is CC(=O)c1ccc(NC2(C#N)CCC2)cc1F. The molecule has 17 heavy (non-hydrogen) atoms. The zero-order valence-corrected chi connectivity index (χ0v) is 9.59. The number of anilines is 1. The van der Waals surface area contributed by atoms with Crippen molar-refractivity contribution >= 4 is 11.5 Å². The Morgan fingerprint density at radius 3 is 2.65 bits per heavy atom. The summed E-state index contributed by atoms with van der Waals surface area (Å²) in [6.45, 7) is 1.33. The molecular weight excluding hydrogens is 219 g/mol. The topological polar surface area (TPSA) is 52.9 Å². The van der Waals surface area contributed by atoms with Gasteiger partial charge in [-0.05, 0) is 44.4 Å². The van der Waals surface area contributed by atoms with Gasteiger partial charge in [0.15, 0.2) is 5.78 Å². The zero-order chi connectivity index (χ0) is 12.5. The first-order chi connectivity index (χ1) is 8.06. The highest BCUT2D eigenvalue weighted by molar-refractivity contribution is 5.94. The minimum atomic E-state index is -0.551. The van der Waals surface area contributed by atoms with E-state index in [0.29, 0.717) is 5.69 Å². The number of ketones is 1. The van der Waals surface area contributed by atoms with Gasteiger partial charge in [-0.25, -0.2) is 4.39 Å². The van der Waals surface area contributed by atoms with Crippen LogP contribution < -0.4 is 5.32 Å². The van der Waals surface area contributed by atoms with E-state index in [1.807, 2.05) is 0 Å². The van der Waals surface area contributed by atoms with Gasteiger partial charge in [-0.3, -0.25) is 4.79 Å². The van der Waals surface area contributed by atoms with Crippen molar-refractivity contribution in [1.82, 2.24) is 0 Å². The lowest BCUT2D eigenvalue weighted by Crippen LogP contribution is -2.43. The highest BCUT2D eigenvalue weighted by atomic mass is 19.1. The van der Waals surface area contributed by atoms with E-state index in [4.69, 9.17) is 5.26 Å². The Morgan fingerprint density at radius 2 is 2.24 bits per heavy atom. The fraction of sp³-hybridized carbons (Fsp3) is 0.385. The molecule has 3 nitrogen and oxygen atoms in total. The number of Topliss-reactive ketones (excluding diaryl/α,β-unsaturated/α-hetero) is 1. The average Bonchev–Trinajstić information content (AvgIpc) is 2.23. The molecule has 0 heterocycles. The number of rotatable bonds is 3. The summed E-state index contributed by atoms with van der Waals surface area (Å²) >= 11 is 0. The summed E-state index contributed by atoms with van der Waals surface area (Å²) in [6, 6.07) is 6.58. The van der Waals surface area contributed by atoms with E-state index in [-0.39, 0.29) is 11.3 Å². The molecule has 1 aliphatic carbocycles. The minimum Gasteiger partial charge on any atom is -0.367 e. The molecule has 88 valence electrons. The predicted molar refractivity (Wildman–Crippen MR) is 62.2 cm³/mol. The Hall–Kier alpha value is -1.89. The van der Waals surface area contributed by atoms with Crippen LogP contribution in [0.15, 0.2) is 18.2 Å². The molecule has 1 aromatic carbocycles. The Bertz CT molecular complexity index is 501. The molecule has 0 aliphatic heterocycles. The fourth-order valence-electron chi connectivity index (χ4n) is 1.95. The van der Waals surface area contributed by atoms with E-state index in [2.05, 4.69) is 11.4 Å². The first-order valence-electron chi connectivity index (χ1n) is 5.56. The summed E-state index contributed by atoms with van der Waals surface area (Å²) in [5, 5.41) is 12.1. The summed E-state index contributed by atoms with van der Waals surface area (Å²) in [6.07, 6.45) is 2.56. The molecule has 0 unspecified atom stereocenters. The largest absolute Gasteiger partial charge is 0.367 e. The molecule has 0 aromatic heterocycles. The number of carbonyl (C=O) groups is 1. The zero-order valence-electron chi connectivity index (χ0n) is 9.59. The van der Waals surface area contributed by atoms with E-state index in [1.165, 1.54) is 19.1 Å². The molecule has 0 amide bonds. The number of nitrogens with zero attached hydrogens (tertiary/aromatic N) is 1. The first kappa shape index (κ1) is 11.6. The molecule has 2 rings (SSSR count). The number of hydrogen-bond donors (Lipinski definition) is 1. The molecule has 0 atom stereocenters. The van der Waals surface area contributed by atoms with Gasteiger partial charge in [0.25, 0.3) is 0 Å². The van der Waals surface area contributed by atoms with Crippen molar-refractivity contribution in [3.05, 3.63) is 29.6 Å². The summed E-state index contributed by atoms with van der Waals surface area (Å²) < 4.78 is 13.6. The molecule has 0 bridgehead atoms. The van der Waals surface area contributed by atoms with Crippen molar-refractivity contribution in [3.63, 3.8) is 0 Å². The second-order valence-corrected chi connectivity index (χ2v) is 4.42. The second-order valence-electron chi connectivity index (χ2n) is 4.42. The molecule has 4 heteroatoms. The van der Waals surface area contributed by atoms with E-state index in [0.717, 1.165) is 19.3 Å². The Labute approximate surface area is 99.2 Å². The maximum Gasteiger partial charge on any atom is 0.162 e. The number of halogens is 1. The van der Waals surface area contributed by atoms with Gasteiger partial charge in [0, 0.05) is 5.69 Å². The Balaban J connectivity index is 2.21. The lowest BCUT2D eigenvalue weighted by atomic mass is 9.78. The molecule has 1 aliphatic rings.